The summed E-state index contributed by atoms with van der Waals surface area (Å²) in [6, 6.07) is 4.94. The molecule has 1 rings (SSSR count). The summed E-state index contributed by atoms with van der Waals surface area (Å²) in [6.45, 7) is 0. The Morgan fingerprint density at radius 2 is 2.00 bits per heavy atom. The SMILES string of the molecule is N#Cc1cc(C(F)(F)Cl)ccc1Cl. The van der Waals surface area contributed by atoms with Crippen molar-refractivity contribution < 1.29 is 8.78 Å². The average molecular weight is 222 g/mol. The molecule has 5 heteroatoms. The molecule has 0 unspecified atom stereocenters. The zero-order valence-corrected chi connectivity index (χ0v) is 7.70. The smallest absolute Gasteiger partial charge is 0.192 e. The van der Waals surface area contributed by atoms with Gasteiger partial charge in [0.15, 0.2) is 0 Å². The Balaban J connectivity index is 3.24. The summed E-state index contributed by atoms with van der Waals surface area (Å²) in [5, 5.41) is 5.16. The summed E-state index contributed by atoms with van der Waals surface area (Å²) in [5.74, 6) is 0. The molecule has 0 aliphatic heterocycles. The van der Waals surface area contributed by atoms with Gasteiger partial charge in [0.1, 0.15) is 6.07 Å². The number of halogens is 4. The number of rotatable bonds is 1. The molecule has 0 aliphatic rings. The standard InChI is InChI=1S/C8H3Cl2F2N/c9-7-2-1-6(8(10,11)12)3-5(7)4-13/h1-3H. The number of nitrogens with zero attached hydrogens (tertiary/aromatic N) is 1. The lowest BCUT2D eigenvalue weighted by Crippen LogP contribution is -2.03. The van der Waals surface area contributed by atoms with Gasteiger partial charge < -0.3 is 0 Å². The molecule has 0 atom stereocenters. The number of hydrogen-bond acceptors (Lipinski definition) is 1. The molecule has 0 saturated carbocycles. The highest BCUT2D eigenvalue weighted by Gasteiger charge is 2.28. The molecule has 1 aromatic carbocycles. The number of hydrogen-bond donors (Lipinski definition) is 0. The number of nitriles is 1. The van der Waals surface area contributed by atoms with E-state index in [1.165, 1.54) is 6.07 Å². The lowest BCUT2D eigenvalue weighted by Gasteiger charge is -2.07. The van der Waals surface area contributed by atoms with Gasteiger partial charge in [0.25, 0.3) is 0 Å². The molecule has 0 aliphatic carbocycles. The van der Waals surface area contributed by atoms with Crippen LogP contribution >= 0.6 is 23.2 Å². The monoisotopic (exact) mass is 221 g/mol. The van der Waals surface area contributed by atoms with E-state index in [0.29, 0.717) is 0 Å². The second-order valence-electron chi connectivity index (χ2n) is 2.30. The largest absolute Gasteiger partial charge is 0.348 e. The van der Waals surface area contributed by atoms with Crippen molar-refractivity contribution in [1.82, 2.24) is 0 Å². The summed E-state index contributed by atoms with van der Waals surface area (Å²) in [5.41, 5.74) is -0.449. The van der Waals surface area contributed by atoms with Crippen molar-refractivity contribution in [2.75, 3.05) is 0 Å². The fraction of sp³-hybridized carbons (Fsp3) is 0.125. The Labute approximate surface area is 83.5 Å². The second-order valence-corrected chi connectivity index (χ2v) is 3.19. The van der Waals surface area contributed by atoms with Crippen LogP contribution < -0.4 is 0 Å². The molecule has 0 heterocycles. The van der Waals surface area contributed by atoms with Crippen molar-refractivity contribution in [3.05, 3.63) is 34.3 Å². The van der Waals surface area contributed by atoms with Crippen LogP contribution in [0, 0.1) is 11.3 Å². The van der Waals surface area contributed by atoms with E-state index >= 15 is 0 Å². The first-order valence-electron chi connectivity index (χ1n) is 3.22. The summed E-state index contributed by atoms with van der Waals surface area (Å²) < 4.78 is 25.0. The first-order chi connectivity index (χ1) is 5.95. The fourth-order valence-corrected chi connectivity index (χ4v) is 1.06. The third kappa shape index (κ3) is 2.30. The molecular formula is C8H3Cl2F2N. The van der Waals surface area contributed by atoms with Gasteiger partial charge in [-0.1, -0.05) is 17.7 Å². The Kier molecular flexibility index (Phi) is 2.74. The molecule has 0 saturated heterocycles. The third-order valence-electron chi connectivity index (χ3n) is 1.41. The van der Waals surface area contributed by atoms with E-state index in [1.807, 2.05) is 0 Å². The lowest BCUT2D eigenvalue weighted by molar-refractivity contribution is 0.0951. The predicted molar refractivity (Wildman–Crippen MR) is 45.9 cm³/mol. The maximum atomic E-state index is 12.5. The van der Waals surface area contributed by atoms with Crippen LogP contribution in [-0.4, -0.2) is 0 Å². The Hall–Kier alpha value is -0.850. The summed E-state index contributed by atoms with van der Waals surface area (Å²) in [4.78, 5) is 0. The van der Waals surface area contributed by atoms with Crippen molar-refractivity contribution in [2.24, 2.45) is 0 Å². The summed E-state index contributed by atoms with van der Waals surface area (Å²) >= 11 is 10.3. The Morgan fingerprint density at radius 1 is 1.38 bits per heavy atom. The molecule has 13 heavy (non-hydrogen) atoms. The van der Waals surface area contributed by atoms with E-state index in [4.69, 9.17) is 28.5 Å². The highest BCUT2D eigenvalue weighted by Crippen LogP contribution is 2.33. The summed E-state index contributed by atoms with van der Waals surface area (Å²) in [6.07, 6.45) is 0. The van der Waals surface area contributed by atoms with Crippen LogP contribution in [0.4, 0.5) is 8.78 Å². The van der Waals surface area contributed by atoms with Crippen molar-refractivity contribution >= 4 is 23.2 Å². The van der Waals surface area contributed by atoms with Gasteiger partial charge in [-0.2, -0.15) is 14.0 Å². The van der Waals surface area contributed by atoms with Crippen LogP contribution in [0.5, 0.6) is 0 Å². The van der Waals surface area contributed by atoms with E-state index in [-0.39, 0.29) is 10.6 Å². The van der Waals surface area contributed by atoms with Gasteiger partial charge in [-0.25, -0.2) is 0 Å². The molecule has 0 radical (unpaired) electrons. The number of alkyl halides is 3. The highest BCUT2D eigenvalue weighted by molar-refractivity contribution is 6.31. The predicted octanol–water partition coefficient (Wildman–Crippen LogP) is 3.50. The van der Waals surface area contributed by atoms with Crippen molar-refractivity contribution in [1.29, 1.82) is 5.26 Å². The van der Waals surface area contributed by atoms with Crippen LogP contribution in [0.25, 0.3) is 0 Å². The van der Waals surface area contributed by atoms with Gasteiger partial charge in [-0.3, -0.25) is 0 Å². The molecule has 0 amide bonds. The highest BCUT2D eigenvalue weighted by atomic mass is 35.5. The Bertz CT molecular complexity index is 365. The normalized spacial score (nSPS) is 11.0. The zero-order chi connectivity index (χ0) is 10.1. The first kappa shape index (κ1) is 10.2. The van der Waals surface area contributed by atoms with E-state index in [9.17, 15) is 8.78 Å². The van der Waals surface area contributed by atoms with E-state index in [0.717, 1.165) is 12.1 Å². The molecule has 0 aromatic heterocycles. The topological polar surface area (TPSA) is 23.8 Å². The number of benzene rings is 1. The second kappa shape index (κ2) is 3.49. The van der Waals surface area contributed by atoms with Gasteiger partial charge in [-0.15, -0.1) is 0 Å². The molecule has 68 valence electrons. The fourth-order valence-electron chi connectivity index (χ4n) is 0.787. The molecule has 0 spiro atoms. The molecule has 1 nitrogen and oxygen atoms in total. The van der Waals surface area contributed by atoms with E-state index < -0.39 is 10.9 Å². The third-order valence-corrected chi connectivity index (χ3v) is 1.96. The van der Waals surface area contributed by atoms with Crippen LogP contribution in [0.1, 0.15) is 11.1 Å². The molecule has 0 N–H and O–H groups in total. The first-order valence-corrected chi connectivity index (χ1v) is 3.97. The minimum absolute atomic E-state index is 0.0144. The average Bonchev–Trinajstić information content (AvgIpc) is 2.03. The molecule has 1 aromatic rings. The van der Waals surface area contributed by atoms with Gasteiger partial charge in [0, 0.05) is 5.56 Å². The van der Waals surface area contributed by atoms with Crippen molar-refractivity contribution in [3.8, 4) is 6.07 Å². The van der Waals surface area contributed by atoms with Crippen molar-refractivity contribution in [2.45, 2.75) is 5.38 Å². The summed E-state index contributed by atoms with van der Waals surface area (Å²) in [7, 11) is 0. The quantitative estimate of drug-likeness (QED) is 0.667. The Morgan fingerprint density at radius 3 is 2.46 bits per heavy atom. The molecular weight excluding hydrogens is 219 g/mol. The van der Waals surface area contributed by atoms with Crippen LogP contribution in [-0.2, 0) is 5.38 Å². The minimum Gasteiger partial charge on any atom is -0.192 e. The van der Waals surface area contributed by atoms with Gasteiger partial charge in [-0.05, 0) is 23.7 Å². The van der Waals surface area contributed by atoms with E-state index in [1.54, 1.807) is 6.07 Å². The van der Waals surface area contributed by atoms with Gasteiger partial charge in [0.2, 0.25) is 0 Å². The van der Waals surface area contributed by atoms with Gasteiger partial charge in [0.05, 0.1) is 10.6 Å². The molecule has 0 fully saturated rings. The van der Waals surface area contributed by atoms with Crippen molar-refractivity contribution in [3.63, 3.8) is 0 Å². The maximum absolute atomic E-state index is 12.5. The van der Waals surface area contributed by atoms with Crippen LogP contribution in [0.2, 0.25) is 5.02 Å². The minimum atomic E-state index is -3.46. The molecule has 0 bridgehead atoms. The van der Waals surface area contributed by atoms with Crippen LogP contribution in [0.3, 0.4) is 0 Å². The lowest BCUT2D eigenvalue weighted by atomic mass is 10.1. The van der Waals surface area contributed by atoms with Gasteiger partial charge >= 0.3 is 5.38 Å². The van der Waals surface area contributed by atoms with E-state index in [2.05, 4.69) is 0 Å². The van der Waals surface area contributed by atoms with Crippen LogP contribution in [0.15, 0.2) is 18.2 Å². The zero-order valence-electron chi connectivity index (χ0n) is 6.19. The maximum Gasteiger partial charge on any atom is 0.348 e.